The molecule has 0 aliphatic carbocycles. The minimum atomic E-state index is -0.889. The molecule has 0 saturated carbocycles. The van der Waals surface area contributed by atoms with E-state index in [0.717, 1.165) is 17.0 Å². The fraction of sp³-hybridized carbons (Fsp3) is 0.214. The zero-order valence-electron chi connectivity index (χ0n) is 10.4. The van der Waals surface area contributed by atoms with Crippen LogP contribution in [-0.4, -0.2) is 11.1 Å². The van der Waals surface area contributed by atoms with Gasteiger partial charge < -0.3 is 10.4 Å². The van der Waals surface area contributed by atoms with E-state index in [2.05, 4.69) is 12.2 Å². The molecule has 19 heavy (non-hydrogen) atoms. The molecule has 0 radical (unpaired) electrons. The van der Waals surface area contributed by atoms with Crippen molar-refractivity contribution in [3.05, 3.63) is 51.2 Å². The maximum absolute atomic E-state index is 11.4. The maximum Gasteiger partial charge on any atom is 0.331 e. The highest BCUT2D eigenvalue weighted by Crippen LogP contribution is 2.27. The first kappa shape index (κ1) is 13.9. The lowest BCUT2D eigenvalue weighted by Crippen LogP contribution is -2.19. The highest BCUT2D eigenvalue weighted by atomic mass is 35.5. The van der Waals surface area contributed by atoms with Gasteiger partial charge in [-0.05, 0) is 42.8 Å². The van der Waals surface area contributed by atoms with Crippen LogP contribution in [0.1, 0.15) is 22.7 Å². The normalized spacial score (nSPS) is 12.1. The Balaban J connectivity index is 2.21. The number of aliphatic carboxylic acids is 1. The summed E-state index contributed by atoms with van der Waals surface area (Å²) in [6.07, 6.45) is 0.915. The first-order valence-corrected chi connectivity index (χ1v) is 7.13. The van der Waals surface area contributed by atoms with Gasteiger partial charge in [-0.3, -0.25) is 0 Å². The van der Waals surface area contributed by atoms with E-state index in [1.165, 1.54) is 16.2 Å². The third-order valence-electron chi connectivity index (χ3n) is 2.72. The second-order valence-corrected chi connectivity index (χ2v) is 5.72. The first-order valence-electron chi connectivity index (χ1n) is 5.93. The number of nitrogens with one attached hydrogen (secondary N) is 1. The van der Waals surface area contributed by atoms with E-state index in [0.29, 0.717) is 5.02 Å². The molecule has 0 fully saturated rings. The van der Waals surface area contributed by atoms with E-state index in [1.807, 2.05) is 12.1 Å². The van der Waals surface area contributed by atoms with Crippen molar-refractivity contribution in [2.75, 3.05) is 5.32 Å². The molecule has 0 saturated heterocycles. The maximum atomic E-state index is 11.4. The summed E-state index contributed by atoms with van der Waals surface area (Å²) in [5, 5.41) is 13.0. The van der Waals surface area contributed by atoms with E-state index in [4.69, 9.17) is 11.6 Å². The van der Waals surface area contributed by atoms with E-state index in [9.17, 15) is 9.90 Å². The van der Waals surface area contributed by atoms with Gasteiger partial charge in [0.25, 0.3) is 0 Å². The number of carbonyl (C=O) groups is 1. The van der Waals surface area contributed by atoms with Gasteiger partial charge in [-0.15, -0.1) is 11.3 Å². The minimum Gasteiger partial charge on any atom is -0.479 e. The standard InChI is InChI=1S/C14H14ClNO2S/c1-2-11-7-8-12(19-11)13(14(17)18)16-10-5-3-9(15)4-6-10/h3-8,13,16H,2H2,1H3,(H,17,18). The molecular formula is C14H14ClNO2S. The molecule has 1 unspecified atom stereocenters. The highest BCUT2D eigenvalue weighted by Gasteiger charge is 2.21. The van der Waals surface area contributed by atoms with Crippen LogP contribution in [0, 0.1) is 0 Å². The molecule has 0 aliphatic heterocycles. The molecule has 2 rings (SSSR count). The highest BCUT2D eigenvalue weighted by molar-refractivity contribution is 7.12. The molecule has 1 aromatic carbocycles. The van der Waals surface area contributed by atoms with Gasteiger partial charge in [0.2, 0.25) is 0 Å². The molecule has 0 bridgehead atoms. The van der Waals surface area contributed by atoms with Crippen molar-refractivity contribution in [1.82, 2.24) is 0 Å². The number of anilines is 1. The van der Waals surface area contributed by atoms with Crippen LogP contribution >= 0.6 is 22.9 Å². The summed E-state index contributed by atoms with van der Waals surface area (Å²) in [5.41, 5.74) is 0.739. The molecule has 0 spiro atoms. The number of carboxylic acid groups (broad SMARTS) is 1. The van der Waals surface area contributed by atoms with Crippen molar-refractivity contribution >= 4 is 34.6 Å². The van der Waals surface area contributed by atoms with E-state index in [-0.39, 0.29) is 0 Å². The van der Waals surface area contributed by atoms with Gasteiger partial charge in [0.15, 0.2) is 6.04 Å². The average molecular weight is 296 g/mol. The van der Waals surface area contributed by atoms with Crippen LogP contribution in [0.4, 0.5) is 5.69 Å². The summed E-state index contributed by atoms with van der Waals surface area (Å²) in [6.45, 7) is 2.05. The topological polar surface area (TPSA) is 49.3 Å². The second-order valence-electron chi connectivity index (χ2n) is 4.08. The third-order valence-corrected chi connectivity index (χ3v) is 4.26. The van der Waals surface area contributed by atoms with E-state index in [1.54, 1.807) is 24.3 Å². The number of rotatable bonds is 5. The molecule has 2 N–H and O–H groups in total. The zero-order valence-corrected chi connectivity index (χ0v) is 12.0. The molecule has 0 aliphatic rings. The Hall–Kier alpha value is -1.52. The fourth-order valence-electron chi connectivity index (χ4n) is 1.71. The van der Waals surface area contributed by atoms with Gasteiger partial charge in [0.1, 0.15) is 0 Å². The van der Waals surface area contributed by atoms with Gasteiger partial charge in [0, 0.05) is 20.5 Å². The summed E-state index contributed by atoms with van der Waals surface area (Å²) >= 11 is 7.33. The monoisotopic (exact) mass is 295 g/mol. The summed E-state index contributed by atoms with van der Waals surface area (Å²) in [7, 11) is 0. The Morgan fingerprint density at radius 1 is 1.32 bits per heavy atom. The summed E-state index contributed by atoms with van der Waals surface area (Å²) in [6, 6.07) is 10.1. The largest absolute Gasteiger partial charge is 0.479 e. The van der Waals surface area contributed by atoms with Gasteiger partial charge in [-0.25, -0.2) is 4.79 Å². The van der Waals surface area contributed by atoms with Crippen molar-refractivity contribution in [3.8, 4) is 0 Å². The molecule has 1 heterocycles. The van der Waals surface area contributed by atoms with Crippen LogP contribution in [-0.2, 0) is 11.2 Å². The van der Waals surface area contributed by atoms with Crippen molar-refractivity contribution in [2.24, 2.45) is 0 Å². The minimum absolute atomic E-state index is 0.627. The number of hydrogen-bond acceptors (Lipinski definition) is 3. The number of thiophene rings is 1. The number of hydrogen-bond donors (Lipinski definition) is 2. The lowest BCUT2D eigenvalue weighted by molar-refractivity contribution is -0.138. The molecular weight excluding hydrogens is 282 g/mol. The first-order chi connectivity index (χ1) is 9.10. The zero-order chi connectivity index (χ0) is 13.8. The summed E-state index contributed by atoms with van der Waals surface area (Å²) < 4.78 is 0. The van der Waals surface area contributed by atoms with Crippen LogP contribution in [0.5, 0.6) is 0 Å². The number of benzene rings is 1. The van der Waals surface area contributed by atoms with Crippen LogP contribution < -0.4 is 5.32 Å². The molecule has 5 heteroatoms. The SMILES string of the molecule is CCc1ccc(C(Nc2ccc(Cl)cc2)C(=O)O)s1. The van der Waals surface area contributed by atoms with Crippen molar-refractivity contribution in [3.63, 3.8) is 0 Å². The molecule has 0 amide bonds. The summed E-state index contributed by atoms with van der Waals surface area (Å²) in [5.74, 6) is -0.889. The van der Waals surface area contributed by atoms with Gasteiger partial charge in [0.05, 0.1) is 0 Å². The van der Waals surface area contributed by atoms with E-state index >= 15 is 0 Å². The second kappa shape index (κ2) is 6.08. The Labute approximate surface area is 120 Å². The van der Waals surface area contributed by atoms with Crippen LogP contribution in [0.25, 0.3) is 0 Å². The quantitative estimate of drug-likeness (QED) is 0.869. The van der Waals surface area contributed by atoms with Crippen molar-refractivity contribution < 1.29 is 9.90 Å². The average Bonchev–Trinajstić information content (AvgIpc) is 2.86. The van der Waals surface area contributed by atoms with Crippen molar-refractivity contribution in [2.45, 2.75) is 19.4 Å². The van der Waals surface area contributed by atoms with Crippen LogP contribution in [0.15, 0.2) is 36.4 Å². The number of halogens is 1. The Bertz CT molecular complexity index is 565. The third kappa shape index (κ3) is 3.49. The lowest BCUT2D eigenvalue weighted by Gasteiger charge is -2.14. The van der Waals surface area contributed by atoms with E-state index < -0.39 is 12.0 Å². The lowest BCUT2D eigenvalue weighted by atomic mass is 10.2. The number of aryl methyl sites for hydroxylation is 1. The van der Waals surface area contributed by atoms with Gasteiger partial charge in [-0.2, -0.15) is 0 Å². The Morgan fingerprint density at radius 3 is 2.53 bits per heavy atom. The molecule has 1 atom stereocenters. The summed E-state index contributed by atoms with van der Waals surface area (Å²) in [4.78, 5) is 13.4. The molecule has 100 valence electrons. The van der Waals surface area contributed by atoms with Crippen molar-refractivity contribution in [1.29, 1.82) is 0 Å². The molecule has 2 aromatic rings. The predicted molar refractivity (Wildman–Crippen MR) is 79.1 cm³/mol. The smallest absolute Gasteiger partial charge is 0.331 e. The Morgan fingerprint density at radius 2 is 2.00 bits per heavy atom. The molecule has 1 aromatic heterocycles. The Kier molecular flexibility index (Phi) is 4.45. The van der Waals surface area contributed by atoms with Crippen LogP contribution in [0.2, 0.25) is 5.02 Å². The van der Waals surface area contributed by atoms with Gasteiger partial charge in [-0.1, -0.05) is 18.5 Å². The van der Waals surface area contributed by atoms with Gasteiger partial charge >= 0.3 is 5.97 Å². The number of carboxylic acids is 1. The fourth-order valence-corrected chi connectivity index (χ4v) is 2.83. The predicted octanol–water partition coefficient (Wildman–Crippen LogP) is 4.20. The van der Waals surface area contributed by atoms with Crippen LogP contribution in [0.3, 0.4) is 0 Å². The molecule has 3 nitrogen and oxygen atoms in total.